The van der Waals surface area contributed by atoms with Gasteiger partial charge in [-0.05, 0) is 35.9 Å². The SMILES string of the molecule is NCc1ccc(-c2cc3cc(F)ccc3o2)cc1Cl. The average molecular weight is 276 g/mol. The smallest absolute Gasteiger partial charge is 0.135 e. The zero-order valence-electron chi connectivity index (χ0n) is 9.99. The lowest BCUT2D eigenvalue weighted by atomic mass is 10.1. The van der Waals surface area contributed by atoms with Crippen LogP contribution in [0.2, 0.25) is 5.02 Å². The Bertz CT molecular complexity index is 751. The predicted molar refractivity (Wildman–Crippen MR) is 74.5 cm³/mol. The number of hydrogen-bond acceptors (Lipinski definition) is 2. The molecule has 0 bridgehead atoms. The fraction of sp³-hybridized carbons (Fsp3) is 0.0667. The summed E-state index contributed by atoms with van der Waals surface area (Å²) >= 11 is 6.12. The molecule has 2 aromatic carbocycles. The van der Waals surface area contributed by atoms with Crippen LogP contribution in [0.5, 0.6) is 0 Å². The maximum absolute atomic E-state index is 13.1. The number of rotatable bonds is 2. The van der Waals surface area contributed by atoms with Gasteiger partial charge in [-0.1, -0.05) is 23.7 Å². The summed E-state index contributed by atoms with van der Waals surface area (Å²) in [5, 5.41) is 1.33. The van der Waals surface area contributed by atoms with E-state index in [1.807, 2.05) is 12.1 Å². The maximum atomic E-state index is 13.1. The summed E-state index contributed by atoms with van der Waals surface area (Å²) in [6.07, 6.45) is 0. The molecule has 0 fully saturated rings. The van der Waals surface area contributed by atoms with Crippen LogP contribution in [0, 0.1) is 5.82 Å². The van der Waals surface area contributed by atoms with Crippen molar-refractivity contribution in [3.8, 4) is 11.3 Å². The van der Waals surface area contributed by atoms with Gasteiger partial charge in [0.2, 0.25) is 0 Å². The predicted octanol–water partition coefficient (Wildman–Crippen LogP) is 4.35. The second-order valence-electron chi connectivity index (χ2n) is 4.30. The zero-order valence-corrected chi connectivity index (χ0v) is 10.7. The molecule has 0 saturated heterocycles. The summed E-state index contributed by atoms with van der Waals surface area (Å²) in [5.41, 5.74) is 7.94. The van der Waals surface area contributed by atoms with Gasteiger partial charge in [0.1, 0.15) is 17.2 Å². The highest BCUT2D eigenvalue weighted by Gasteiger charge is 2.08. The van der Waals surface area contributed by atoms with E-state index in [0.29, 0.717) is 22.9 Å². The van der Waals surface area contributed by atoms with Crippen molar-refractivity contribution in [2.24, 2.45) is 5.73 Å². The monoisotopic (exact) mass is 275 g/mol. The molecule has 0 atom stereocenters. The molecule has 0 aliphatic heterocycles. The van der Waals surface area contributed by atoms with Gasteiger partial charge in [-0.15, -0.1) is 0 Å². The lowest BCUT2D eigenvalue weighted by Gasteiger charge is -2.02. The molecule has 0 unspecified atom stereocenters. The summed E-state index contributed by atoms with van der Waals surface area (Å²) in [6.45, 7) is 0.393. The Balaban J connectivity index is 2.11. The van der Waals surface area contributed by atoms with Gasteiger partial charge in [0.05, 0.1) is 0 Å². The second kappa shape index (κ2) is 4.68. The fourth-order valence-corrected chi connectivity index (χ4v) is 2.28. The number of halogens is 2. The minimum atomic E-state index is -0.281. The molecule has 4 heteroatoms. The van der Waals surface area contributed by atoms with E-state index in [1.54, 1.807) is 18.2 Å². The minimum Gasteiger partial charge on any atom is -0.456 e. The number of nitrogens with two attached hydrogens (primary N) is 1. The molecule has 2 N–H and O–H groups in total. The van der Waals surface area contributed by atoms with Crippen molar-refractivity contribution < 1.29 is 8.81 Å². The summed E-state index contributed by atoms with van der Waals surface area (Å²) in [6, 6.07) is 11.8. The molecule has 2 nitrogen and oxygen atoms in total. The van der Waals surface area contributed by atoms with Crippen molar-refractivity contribution in [1.29, 1.82) is 0 Å². The Hall–Kier alpha value is -1.84. The van der Waals surface area contributed by atoms with Crippen LogP contribution in [0.15, 0.2) is 46.9 Å². The van der Waals surface area contributed by atoms with Crippen LogP contribution in [0.4, 0.5) is 4.39 Å². The van der Waals surface area contributed by atoms with Crippen LogP contribution in [0.25, 0.3) is 22.3 Å². The van der Waals surface area contributed by atoms with E-state index in [2.05, 4.69) is 0 Å². The highest BCUT2D eigenvalue weighted by atomic mass is 35.5. The number of hydrogen-bond donors (Lipinski definition) is 1. The van der Waals surface area contributed by atoms with Gasteiger partial charge in [0.15, 0.2) is 0 Å². The normalized spacial score (nSPS) is 11.1. The van der Waals surface area contributed by atoms with Crippen molar-refractivity contribution >= 4 is 22.6 Å². The molecule has 0 aliphatic rings. The molecule has 0 amide bonds. The third-order valence-corrected chi connectivity index (χ3v) is 3.39. The molecular weight excluding hydrogens is 265 g/mol. The quantitative estimate of drug-likeness (QED) is 0.755. The minimum absolute atomic E-state index is 0.281. The third kappa shape index (κ3) is 2.23. The molecule has 0 radical (unpaired) electrons. The topological polar surface area (TPSA) is 39.2 Å². The molecule has 0 aliphatic carbocycles. The first-order valence-corrected chi connectivity index (χ1v) is 6.23. The summed E-state index contributed by atoms with van der Waals surface area (Å²) in [5.74, 6) is 0.377. The van der Waals surface area contributed by atoms with Crippen molar-refractivity contribution in [2.45, 2.75) is 6.54 Å². The first kappa shape index (κ1) is 12.2. The Morgan fingerprint density at radius 1 is 1.11 bits per heavy atom. The lowest BCUT2D eigenvalue weighted by Crippen LogP contribution is -1.96. The van der Waals surface area contributed by atoms with Crippen molar-refractivity contribution in [2.75, 3.05) is 0 Å². The zero-order chi connectivity index (χ0) is 13.4. The van der Waals surface area contributed by atoms with Crippen LogP contribution in [-0.4, -0.2) is 0 Å². The van der Waals surface area contributed by atoms with E-state index in [4.69, 9.17) is 21.8 Å². The maximum Gasteiger partial charge on any atom is 0.135 e. The Labute approximate surface area is 114 Å². The first-order chi connectivity index (χ1) is 9.17. The average Bonchev–Trinajstić information content (AvgIpc) is 2.81. The van der Waals surface area contributed by atoms with Crippen molar-refractivity contribution in [1.82, 2.24) is 0 Å². The van der Waals surface area contributed by atoms with Crippen LogP contribution in [0.3, 0.4) is 0 Å². The number of benzene rings is 2. The Morgan fingerprint density at radius 3 is 2.68 bits per heavy atom. The fourth-order valence-electron chi connectivity index (χ4n) is 2.02. The lowest BCUT2D eigenvalue weighted by molar-refractivity contribution is 0.619. The largest absolute Gasteiger partial charge is 0.456 e. The van der Waals surface area contributed by atoms with Gasteiger partial charge in [-0.25, -0.2) is 4.39 Å². The number of fused-ring (bicyclic) bond motifs is 1. The molecule has 0 saturated carbocycles. The molecule has 3 rings (SSSR count). The molecule has 1 aromatic heterocycles. The van der Waals surface area contributed by atoms with Crippen LogP contribution in [0.1, 0.15) is 5.56 Å². The van der Waals surface area contributed by atoms with Gasteiger partial charge in [0.25, 0.3) is 0 Å². The van der Waals surface area contributed by atoms with E-state index in [0.717, 1.165) is 16.5 Å². The van der Waals surface area contributed by atoms with Crippen LogP contribution >= 0.6 is 11.6 Å². The summed E-state index contributed by atoms with van der Waals surface area (Å²) in [4.78, 5) is 0. The van der Waals surface area contributed by atoms with E-state index in [-0.39, 0.29) is 5.82 Å². The van der Waals surface area contributed by atoms with Gasteiger partial charge in [-0.2, -0.15) is 0 Å². The van der Waals surface area contributed by atoms with Crippen LogP contribution < -0.4 is 5.73 Å². The molecule has 19 heavy (non-hydrogen) atoms. The van der Waals surface area contributed by atoms with E-state index in [1.165, 1.54) is 12.1 Å². The molecule has 1 heterocycles. The van der Waals surface area contributed by atoms with Crippen molar-refractivity contribution in [3.05, 3.63) is 58.9 Å². The highest BCUT2D eigenvalue weighted by Crippen LogP contribution is 2.30. The molecule has 3 aromatic rings. The standard InChI is InChI=1S/C15H11ClFNO/c16-13-6-9(1-2-10(13)8-18)15-7-11-5-12(17)3-4-14(11)19-15/h1-7H,8,18H2. The second-order valence-corrected chi connectivity index (χ2v) is 4.71. The molecule has 0 spiro atoms. The van der Waals surface area contributed by atoms with E-state index >= 15 is 0 Å². The van der Waals surface area contributed by atoms with Gasteiger partial charge >= 0.3 is 0 Å². The first-order valence-electron chi connectivity index (χ1n) is 5.85. The summed E-state index contributed by atoms with van der Waals surface area (Å²) in [7, 11) is 0. The Kier molecular flexibility index (Phi) is 3.01. The molecular formula is C15H11ClFNO. The van der Waals surface area contributed by atoms with E-state index in [9.17, 15) is 4.39 Å². The van der Waals surface area contributed by atoms with Gasteiger partial charge in [0, 0.05) is 22.5 Å². The highest BCUT2D eigenvalue weighted by molar-refractivity contribution is 6.31. The van der Waals surface area contributed by atoms with Gasteiger partial charge < -0.3 is 10.2 Å². The van der Waals surface area contributed by atoms with Crippen molar-refractivity contribution in [3.63, 3.8) is 0 Å². The Morgan fingerprint density at radius 2 is 1.95 bits per heavy atom. The van der Waals surface area contributed by atoms with Gasteiger partial charge in [-0.3, -0.25) is 0 Å². The molecule has 96 valence electrons. The third-order valence-electron chi connectivity index (χ3n) is 3.04. The van der Waals surface area contributed by atoms with Crippen LogP contribution in [-0.2, 0) is 6.54 Å². The summed E-state index contributed by atoms with van der Waals surface area (Å²) < 4.78 is 18.8. The van der Waals surface area contributed by atoms with E-state index < -0.39 is 0 Å². The number of furan rings is 1.